The molecule has 1 heteroatoms. The Balaban J connectivity index is 2.11. The van der Waals surface area contributed by atoms with E-state index in [0.717, 1.165) is 6.42 Å². The van der Waals surface area contributed by atoms with Crippen LogP contribution in [0.4, 0.5) is 4.39 Å². The van der Waals surface area contributed by atoms with Gasteiger partial charge in [-0.3, -0.25) is 4.39 Å². The van der Waals surface area contributed by atoms with Gasteiger partial charge in [-0.25, -0.2) is 0 Å². The number of hydrogen-bond donors (Lipinski definition) is 0. The third kappa shape index (κ3) is 0.329. The number of rotatable bonds is 1. The molecule has 2 fully saturated rings. The summed E-state index contributed by atoms with van der Waals surface area (Å²) in [5, 5.41) is 0. The molecule has 0 aromatic carbocycles. The molecule has 0 N–H and O–H groups in total. The molecule has 0 aromatic rings. The van der Waals surface area contributed by atoms with Crippen LogP contribution in [-0.2, 0) is 0 Å². The van der Waals surface area contributed by atoms with Crippen molar-refractivity contribution < 1.29 is 4.39 Å². The summed E-state index contributed by atoms with van der Waals surface area (Å²) in [7, 11) is 0. The lowest BCUT2D eigenvalue weighted by Crippen LogP contribution is -1.99. The van der Waals surface area contributed by atoms with Crippen molar-refractivity contribution in [3.8, 4) is 0 Å². The lowest BCUT2D eigenvalue weighted by molar-refractivity contribution is 0.335. The second-order valence-electron chi connectivity index (χ2n) is 3.65. The molecule has 0 nitrogen and oxygen atoms in total. The van der Waals surface area contributed by atoms with Crippen molar-refractivity contribution in [2.75, 3.05) is 6.67 Å². The summed E-state index contributed by atoms with van der Waals surface area (Å²) >= 11 is 0. The van der Waals surface area contributed by atoms with E-state index in [1.54, 1.807) is 0 Å². The molecule has 2 rings (SSSR count). The SMILES string of the molecule is CC1(CF)CC12CC2. The summed E-state index contributed by atoms with van der Waals surface area (Å²) in [6.07, 6.45) is 3.76. The van der Waals surface area contributed by atoms with Gasteiger partial charge in [-0.05, 0) is 24.7 Å². The zero-order valence-electron chi connectivity index (χ0n) is 5.21. The van der Waals surface area contributed by atoms with Crippen molar-refractivity contribution in [1.82, 2.24) is 0 Å². The summed E-state index contributed by atoms with van der Waals surface area (Å²) in [6.45, 7) is 1.98. The highest BCUT2D eigenvalue weighted by Crippen LogP contribution is 2.78. The molecule has 1 atom stereocenters. The van der Waals surface area contributed by atoms with Gasteiger partial charge in [-0.15, -0.1) is 0 Å². The molecule has 2 aliphatic rings. The molecular weight excluding hydrogens is 103 g/mol. The highest BCUT2D eigenvalue weighted by Gasteiger charge is 2.71. The monoisotopic (exact) mass is 114 g/mol. The summed E-state index contributed by atoms with van der Waals surface area (Å²) in [4.78, 5) is 0. The molecule has 0 amide bonds. The molecule has 2 saturated carbocycles. The van der Waals surface area contributed by atoms with Crippen LogP contribution >= 0.6 is 0 Å². The number of hydrogen-bond acceptors (Lipinski definition) is 0. The smallest absolute Gasteiger partial charge is 0.0953 e. The predicted octanol–water partition coefficient (Wildman–Crippen LogP) is 2.15. The van der Waals surface area contributed by atoms with E-state index in [1.165, 1.54) is 12.8 Å². The highest BCUT2D eigenvalue weighted by atomic mass is 19.1. The van der Waals surface area contributed by atoms with E-state index in [2.05, 4.69) is 6.92 Å². The van der Waals surface area contributed by atoms with E-state index in [4.69, 9.17) is 0 Å². The molecule has 1 spiro atoms. The Morgan fingerprint density at radius 2 is 2.12 bits per heavy atom. The van der Waals surface area contributed by atoms with Crippen LogP contribution in [0.15, 0.2) is 0 Å². The third-order valence-electron chi connectivity index (χ3n) is 3.03. The van der Waals surface area contributed by atoms with E-state index in [9.17, 15) is 4.39 Å². The lowest BCUT2D eigenvalue weighted by Gasteiger charge is -1.99. The molecule has 2 aliphatic carbocycles. The minimum Gasteiger partial charge on any atom is -0.250 e. The van der Waals surface area contributed by atoms with Gasteiger partial charge in [0.15, 0.2) is 0 Å². The van der Waals surface area contributed by atoms with Gasteiger partial charge in [-0.1, -0.05) is 6.92 Å². The Labute approximate surface area is 49.1 Å². The van der Waals surface area contributed by atoms with Crippen molar-refractivity contribution in [3.63, 3.8) is 0 Å². The number of alkyl halides is 1. The Bertz CT molecular complexity index is 126. The molecule has 0 radical (unpaired) electrons. The van der Waals surface area contributed by atoms with E-state index in [-0.39, 0.29) is 12.1 Å². The van der Waals surface area contributed by atoms with Crippen molar-refractivity contribution in [1.29, 1.82) is 0 Å². The van der Waals surface area contributed by atoms with Crippen molar-refractivity contribution in [3.05, 3.63) is 0 Å². The molecule has 0 aliphatic heterocycles. The van der Waals surface area contributed by atoms with Crippen LogP contribution in [0.5, 0.6) is 0 Å². The summed E-state index contributed by atoms with van der Waals surface area (Å²) < 4.78 is 12.1. The molecule has 0 bridgehead atoms. The molecule has 0 saturated heterocycles. The van der Waals surface area contributed by atoms with Crippen molar-refractivity contribution in [2.45, 2.75) is 26.2 Å². The van der Waals surface area contributed by atoms with Crippen molar-refractivity contribution in [2.24, 2.45) is 10.8 Å². The Kier molecular flexibility index (Phi) is 0.573. The van der Waals surface area contributed by atoms with Gasteiger partial charge in [0, 0.05) is 5.41 Å². The van der Waals surface area contributed by atoms with Crippen molar-refractivity contribution >= 4 is 0 Å². The zero-order chi connectivity index (χ0) is 5.83. The van der Waals surface area contributed by atoms with Crippen LogP contribution in [0.1, 0.15) is 26.2 Å². The average Bonchev–Trinajstić information content (AvgIpc) is 2.57. The van der Waals surface area contributed by atoms with E-state index in [1.807, 2.05) is 0 Å². The normalized spacial score (nSPS) is 47.2. The van der Waals surface area contributed by atoms with Gasteiger partial charge in [-0.2, -0.15) is 0 Å². The fourth-order valence-corrected chi connectivity index (χ4v) is 1.82. The molecule has 8 heavy (non-hydrogen) atoms. The molecule has 46 valence electrons. The van der Waals surface area contributed by atoms with Gasteiger partial charge < -0.3 is 0 Å². The highest BCUT2D eigenvalue weighted by molar-refractivity contribution is 5.20. The Hall–Kier alpha value is -0.0700. The fourth-order valence-electron chi connectivity index (χ4n) is 1.82. The van der Waals surface area contributed by atoms with Crippen LogP contribution in [0.25, 0.3) is 0 Å². The zero-order valence-corrected chi connectivity index (χ0v) is 5.21. The maximum Gasteiger partial charge on any atom is 0.0953 e. The molecule has 0 aromatic heterocycles. The lowest BCUT2D eigenvalue weighted by atomic mass is 10.1. The maximum atomic E-state index is 12.1. The third-order valence-corrected chi connectivity index (χ3v) is 3.03. The molecule has 0 heterocycles. The molecular formula is C7H11F. The van der Waals surface area contributed by atoms with Gasteiger partial charge in [0.2, 0.25) is 0 Å². The first-order valence-corrected chi connectivity index (χ1v) is 3.29. The largest absolute Gasteiger partial charge is 0.250 e. The summed E-state index contributed by atoms with van der Waals surface area (Å²) in [6, 6.07) is 0. The fraction of sp³-hybridized carbons (Fsp3) is 1.00. The van der Waals surface area contributed by atoms with E-state index in [0.29, 0.717) is 5.41 Å². The average molecular weight is 114 g/mol. The van der Waals surface area contributed by atoms with Crippen LogP contribution in [0, 0.1) is 10.8 Å². The second-order valence-corrected chi connectivity index (χ2v) is 3.65. The second kappa shape index (κ2) is 0.960. The van der Waals surface area contributed by atoms with Crippen LogP contribution in [0.2, 0.25) is 0 Å². The summed E-state index contributed by atoms with van der Waals surface area (Å²) in [5.41, 5.74) is 0.661. The Morgan fingerprint density at radius 1 is 1.50 bits per heavy atom. The van der Waals surface area contributed by atoms with Gasteiger partial charge in [0.05, 0.1) is 6.67 Å². The first-order valence-electron chi connectivity index (χ1n) is 3.29. The standard InChI is InChI=1S/C7H11F/c1-6(5-8)4-7(6)2-3-7/h2-5H2,1H3. The number of halogens is 1. The first kappa shape index (κ1) is 4.78. The topological polar surface area (TPSA) is 0 Å². The van der Waals surface area contributed by atoms with Gasteiger partial charge in [0.25, 0.3) is 0 Å². The molecule has 1 unspecified atom stereocenters. The van der Waals surface area contributed by atoms with Crippen LogP contribution < -0.4 is 0 Å². The van der Waals surface area contributed by atoms with Gasteiger partial charge in [0.1, 0.15) is 0 Å². The van der Waals surface area contributed by atoms with Crippen LogP contribution in [0.3, 0.4) is 0 Å². The first-order chi connectivity index (χ1) is 3.72. The summed E-state index contributed by atoms with van der Waals surface area (Å²) in [5.74, 6) is 0. The van der Waals surface area contributed by atoms with Crippen LogP contribution in [-0.4, -0.2) is 6.67 Å². The predicted molar refractivity (Wildman–Crippen MR) is 30.4 cm³/mol. The van der Waals surface area contributed by atoms with E-state index < -0.39 is 0 Å². The minimum atomic E-state index is -0.0903. The van der Waals surface area contributed by atoms with E-state index >= 15 is 0 Å². The minimum absolute atomic E-state index is 0.0903. The quantitative estimate of drug-likeness (QED) is 0.490. The Morgan fingerprint density at radius 3 is 2.25 bits per heavy atom. The van der Waals surface area contributed by atoms with Gasteiger partial charge >= 0.3 is 0 Å². The maximum absolute atomic E-state index is 12.1.